The zero-order valence-corrected chi connectivity index (χ0v) is 7.02. The van der Waals surface area contributed by atoms with E-state index in [1.807, 2.05) is 6.92 Å². The summed E-state index contributed by atoms with van der Waals surface area (Å²) in [5.41, 5.74) is 0. The molecule has 0 aromatic heterocycles. The Kier molecular flexibility index (Phi) is 15.3. The molecule has 3 nitrogen and oxygen atoms in total. The molecule has 0 aliphatic heterocycles. The molecule has 0 atom stereocenters. The molecule has 64 valence electrons. The highest BCUT2D eigenvalue weighted by molar-refractivity contribution is 5.85. The van der Waals surface area contributed by atoms with Crippen molar-refractivity contribution in [3.05, 3.63) is 0 Å². The molecule has 0 spiro atoms. The van der Waals surface area contributed by atoms with Crippen molar-refractivity contribution < 1.29 is 14.6 Å². The van der Waals surface area contributed by atoms with Gasteiger partial charge in [-0.05, 0) is 6.92 Å². The van der Waals surface area contributed by atoms with Gasteiger partial charge in [0.2, 0.25) is 0 Å². The normalized spacial score (nSPS) is 9.00. The van der Waals surface area contributed by atoms with Crippen LogP contribution in [-0.2, 0) is 9.47 Å². The van der Waals surface area contributed by atoms with Gasteiger partial charge < -0.3 is 14.6 Å². The minimum Gasteiger partial charge on any atom is -0.394 e. The SMILES string of the molecule is CCOCCOCCO.Cl. The standard InChI is InChI=1S/C6H14O3.ClH/c1-2-8-5-6-9-4-3-7;/h7H,2-6H2,1H3;1H. The highest BCUT2D eigenvalue weighted by Gasteiger charge is 1.84. The maximum Gasteiger partial charge on any atom is 0.0701 e. The van der Waals surface area contributed by atoms with Crippen LogP contribution in [0.25, 0.3) is 0 Å². The average molecular weight is 171 g/mol. The number of ether oxygens (including phenoxy) is 2. The predicted octanol–water partition coefficient (Wildman–Crippen LogP) is 0.454. The van der Waals surface area contributed by atoms with Gasteiger partial charge in [0, 0.05) is 6.61 Å². The number of aliphatic hydroxyl groups is 1. The molecule has 10 heavy (non-hydrogen) atoms. The number of hydrogen-bond acceptors (Lipinski definition) is 3. The van der Waals surface area contributed by atoms with Crippen molar-refractivity contribution in [2.45, 2.75) is 6.92 Å². The topological polar surface area (TPSA) is 38.7 Å². The number of hydrogen-bond donors (Lipinski definition) is 1. The summed E-state index contributed by atoms with van der Waals surface area (Å²) in [5.74, 6) is 0. The van der Waals surface area contributed by atoms with Crippen LogP contribution in [0.5, 0.6) is 0 Å². The van der Waals surface area contributed by atoms with Crippen molar-refractivity contribution in [3.8, 4) is 0 Å². The lowest BCUT2D eigenvalue weighted by Gasteiger charge is -2.00. The van der Waals surface area contributed by atoms with Crippen LogP contribution in [0.2, 0.25) is 0 Å². The first-order chi connectivity index (χ1) is 4.41. The van der Waals surface area contributed by atoms with Gasteiger partial charge in [0.25, 0.3) is 0 Å². The van der Waals surface area contributed by atoms with Crippen molar-refractivity contribution >= 4 is 12.4 Å². The lowest BCUT2D eigenvalue weighted by Crippen LogP contribution is -2.06. The van der Waals surface area contributed by atoms with Gasteiger partial charge in [-0.1, -0.05) is 0 Å². The first kappa shape index (κ1) is 12.8. The van der Waals surface area contributed by atoms with E-state index in [-0.39, 0.29) is 19.0 Å². The van der Waals surface area contributed by atoms with Crippen LogP contribution in [-0.4, -0.2) is 38.1 Å². The molecule has 0 fully saturated rings. The molecular weight excluding hydrogens is 156 g/mol. The molecule has 0 rings (SSSR count). The highest BCUT2D eigenvalue weighted by atomic mass is 35.5. The third-order valence-electron chi connectivity index (χ3n) is 0.812. The second kappa shape index (κ2) is 11.9. The number of halogens is 1. The fourth-order valence-corrected chi connectivity index (χ4v) is 0.429. The number of rotatable bonds is 6. The molecule has 4 heteroatoms. The van der Waals surface area contributed by atoms with Gasteiger partial charge in [0.05, 0.1) is 26.4 Å². The van der Waals surface area contributed by atoms with E-state index in [9.17, 15) is 0 Å². The van der Waals surface area contributed by atoms with E-state index in [4.69, 9.17) is 14.6 Å². The molecule has 0 radical (unpaired) electrons. The lowest BCUT2D eigenvalue weighted by atomic mass is 10.7. The lowest BCUT2D eigenvalue weighted by molar-refractivity contribution is 0.0370. The van der Waals surface area contributed by atoms with Gasteiger partial charge in [0.15, 0.2) is 0 Å². The van der Waals surface area contributed by atoms with E-state index in [0.29, 0.717) is 19.8 Å². The van der Waals surface area contributed by atoms with Crippen LogP contribution in [0, 0.1) is 0 Å². The van der Waals surface area contributed by atoms with E-state index < -0.39 is 0 Å². The van der Waals surface area contributed by atoms with Gasteiger partial charge in [-0.25, -0.2) is 0 Å². The zero-order valence-electron chi connectivity index (χ0n) is 6.21. The highest BCUT2D eigenvalue weighted by Crippen LogP contribution is 1.76. The van der Waals surface area contributed by atoms with Crippen LogP contribution in [0.4, 0.5) is 0 Å². The van der Waals surface area contributed by atoms with Crippen LogP contribution >= 0.6 is 12.4 Å². The molecular formula is C6H15ClO3. The zero-order chi connectivity index (χ0) is 6.95. The van der Waals surface area contributed by atoms with E-state index in [1.165, 1.54) is 0 Å². The molecule has 0 saturated carbocycles. The minimum absolute atomic E-state index is 0. The fourth-order valence-electron chi connectivity index (χ4n) is 0.429. The third-order valence-corrected chi connectivity index (χ3v) is 0.812. The quantitative estimate of drug-likeness (QED) is 0.589. The van der Waals surface area contributed by atoms with Crippen LogP contribution in [0.3, 0.4) is 0 Å². The Balaban J connectivity index is 0. The molecule has 0 aromatic rings. The van der Waals surface area contributed by atoms with E-state index in [1.54, 1.807) is 0 Å². The predicted molar refractivity (Wildman–Crippen MR) is 41.6 cm³/mol. The van der Waals surface area contributed by atoms with Crippen LogP contribution in [0.15, 0.2) is 0 Å². The van der Waals surface area contributed by atoms with Crippen LogP contribution < -0.4 is 0 Å². The first-order valence-electron chi connectivity index (χ1n) is 3.18. The Labute approximate surface area is 67.7 Å². The van der Waals surface area contributed by atoms with Gasteiger partial charge in [-0.3, -0.25) is 0 Å². The Morgan fingerprint density at radius 2 is 1.70 bits per heavy atom. The van der Waals surface area contributed by atoms with E-state index in [2.05, 4.69) is 0 Å². The van der Waals surface area contributed by atoms with Gasteiger partial charge in [-0.2, -0.15) is 0 Å². The number of aliphatic hydroxyl groups excluding tert-OH is 1. The first-order valence-corrected chi connectivity index (χ1v) is 3.18. The molecule has 0 saturated heterocycles. The molecule has 0 aliphatic carbocycles. The Morgan fingerprint density at radius 1 is 1.10 bits per heavy atom. The van der Waals surface area contributed by atoms with E-state index >= 15 is 0 Å². The largest absolute Gasteiger partial charge is 0.394 e. The van der Waals surface area contributed by atoms with E-state index in [0.717, 1.165) is 6.61 Å². The second-order valence-corrected chi connectivity index (χ2v) is 1.53. The Bertz CT molecular complexity index is 46.3. The van der Waals surface area contributed by atoms with Crippen molar-refractivity contribution in [3.63, 3.8) is 0 Å². The van der Waals surface area contributed by atoms with Crippen molar-refractivity contribution in [1.29, 1.82) is 0 Å². The summed E-state index contributed by atoms with van der Waals surface area (Å²) in [6.07, 6.45) is 0. The third kappa shape index (κ3) is 11.0. The summed E-state index contributed by atoms with van der Waals surface area (Å²) in [5, 5.41) is 8.26. The maximum absolute atomic E-state index is 8.26. The maximum atomic E-state index is 8.26. The van der Waals surface area contributed by atoms with Gasteiger partial charge in [-0.15, -0.1) is 12.4 Å². The van der Waals surface area contributed by atoms with Gasteiger partial charge >= 0.3 is 0 Å². The molecule has 0 aromatic carbocycles. The van der Waals surface area contributed by atoms with Crippen molar-refractivity contribution in [2.24, 2.45) is 0 Å². The summed E-state index contributed by atoms with van der Waals surface area (Å²) in [6, 6.07) is 0. The fraction of sp³-hybridized carbons (Fsp3) is 1.00. The van der Waals surface area contributed by atoms with Crippen molar-refractivity contribution in [1.82, 2.24) is 0 Å². The Hall–Kier alpha value is 0.170. The molecule has 0 unspecified atom stereocenters. The molecule has 0 bridgehead atoms. The minimum atomic E-state index is 0. The molecule has 0 heterocycles. The summed E-state index contributed by atoms with van der Waals surface area (Å²) in [4.78, 5) is 0. The Morgan fingerprint density at radius 3 is 2.20 bits per heavy atom. The second-order valence-electron chi connectivity index (χ2n) is 1.53. The monoisotopic (exact) mass is 170 g/mol. The molecule has 0 amide bonds. The summed E-state index contributed by atoms with van der Waals surface area (Å²) < 4.78 is 9.88. The van der Waals surface area contributed by atoms with Gasteiger partial charge in [0.1, 0.15) is 0 Å². The van der Waals surface area contributed by atoms with Crippen molar-refractivity contribution in [2.75, 3.05) is 33.0 Å². The smallest absolute Gasteiger partial charge is 0.0701 e. The summed E-state index contributed by atoms with van der Waals surface area (Å²) >= 11 is 0. The molecule has 1 N–H and O–H groups in total. The summed E-state index contributed by atoms with van der Waals surface area (Å²) in [6.45, 7) is 4.36. The van der Waals surface area contributed by atoms with Crippen LogP contribution in [0.1, 0.15) is 6.92 Å². The molecule has 0 aliphatic rings. The summed E-state index contributed by atoms with van der Waals surface area (Å²) in [7, 11) is 0. The average Bonchev–Trinajstić information content (AvgIpc) is 1.89.